The van der Waals surface area contributed by atoms with Crippen molar-refractivity contribution in [1.29, 1.82) is 0 Å². The van der Waals surface area contributed by atoms with E-state index in [0.717, 1.165) is 37.0 Å². The van der Waals surface area contributed by atoms with Crippen LogP contribution in [-0.2, 0) is 0 Å². The molecule has 2 aromatic carbocycles. The van der Waals surface area contributed by atoms with E-state index in [9.17, 15) is 4.79 Å². The van der Waals surface area contributed by atoms with Crippen LogP contribution in [0.15, 0.2) is 59.7 Å². The Bertz CT molecular complexity index is 648. The summed E-state index contributed by atoms with van der Waals surface area (Å²) < 4.78 is 0. The molecule has 0 saturated carbocycles. The molecule has 4 heteroatoms. The number of rotatable bonds is 7. The number of carbonyl (C=O) groups excluding carboxylic acids is 1. The quantitative estimate of drug-likeness (QED) is 0.351. The summed E-state index contributed by atoms with van der Waals surface area (Å²) in [6.45, 7) is 2.17. The summed E-state index contributed by atoms with van der Waals surface area (Å²) in [6.07, 6.45) is 4.21. The summed E-state index contributed by atoms with van der Waals surface area (Å²) in [5, 5.41) is 4.35. The molecule has 1 amide bonds. The fourth-order valence-corrected chi connectivity index (χ4v) is 2.26. The second kappa shape index (κ2) is 8.73. The Hall–Kier alpha value is -2.62. The van der Waals surface area contributed by atoms with Crippen LogP contribution in [0.2, 0.25) is 0 Å². The minimum atomic E-state index is -0.228. The van der Waals surface area contributed by atoms with E-state index in [-0.39, 0.29) is 5.91 Å². The Morgan fingerprint density at radius 2 is 1.70 bits per heavy atom. The summed E-state index contributed by atoms with van der Waals surface area (Å²) in [4.78, 5) is 12.2. The van der Waals surface area contributed by atoms with Crippen LogP contribution in [0.3, 0.4) is 0 Å². The lowest BCUT2D eigenvalue weighted by molar-refractivity contribution is 0.0955. The van der Waals surface area contributed by atoms with Crippen molar-refractivity contribution in [3.63, 3.8) is 0 Å². The van der Waals surface area contributed by atoms with Crippen molar-refractivity contribution in [3.8, 4) is 0 Å². The van der Waals surface area contributed by atoms with Gasteiger partial charge in [0.2, 0.25) is 0 Å². The largest absolute Gasteiger partial charge is 0.399 e. The van der Waals surface area contributed by atoms with Crippen molar-refractivity contribution in [1.82, 2.24) is 5.43 Å². The number of unbranched alkanes of at least 4 members (excludes halogenated alkanes) is 2. The summed E-state index contributed by atoms with van der Waals surface area (Å²) in [5.41, 5.74) is 11.4. The summed E-state index contributed by atoms with van der Waals surface area (Å²) in [6, 6.07) is 16.8. The van der Waals surface area contributed by atoms with Crippen LogP contribution in [0.4, 0.5) is 5.69 Å². The zero-order valence-electron chi connectivity index (χ0n) is 13.5. The van der Waals surface area contributed by atoms with Crippen molar-refractivity contribution in [3.05, 3.63) is 65.7 Å². The number of carbonyl (C=O) groups is 1. The van der Waals surface area contributed by atoms with Gasteiger partial charge in [0.05, 0.1) is 5.71 Å². The normalized spacial score (nSPS) is 11.3. The molecule has 0 saturated heterocycles. The van der Waals surface area contributed by atoms with Crippen molar-refractivity contribution >= 4 is 17.3 Å². The predicted octanol–water partition coefficient (Wildman–Crippen LogP) is 3.98. The first-order chi connectivity index (χ1) is 11.2. The van der Waals surface area contributed by atoms with E-state index in [1.807, 2.05) is 30.3 Å². The molecule has 0 atom stereocenters. The molecule has 0 aliphatic rings. The molecule has 120 valence electrons. The van der Waals surface area contributed by atoms with E-state index in [1.54, 1.807) is 24.3 Å². The first kappa shape index (κ1) is 16.7. The second-order valence-corrected chi connectivity index (χ2v) is 5.44. The lowest BCUT2D eigenvalue weighted by Gasteiger charge is -2.07. The molecule has 2 rings (SSSR count). The van der Waals surface area contributed by atoms with Crippen LogP contribution in [0.1, 0.15) is 48.5 Å². The molecule has 0 fully saturated rings. The Kier molecular flexibility index (Phi) is 6.36. The number of nitrogen functional groups attached to an aromatic ring is 1. The molecular formula is C19H23N3O. The number of hydrogen-bond acceptors (Lipinski definition) is 3. The fourth-order valence-electron chi connectivity index (χ4n) is 2.26. The lowest BCUT2D eigenvalue weighted by Crippen LogP contribution is -2.20. The van der Waals surface area contributed by atoms with Gasteiger partial charge in [-0.1, -0.05) is 50.1 Å². The predicted molar refractivity (Wildman–Crippen MR) is 95.4 cm³/mol. The van der Waals surface area contributed by atoms with Crippen LogP contribution in [-0.4, -0.2) is 11.6 Å². The lowest BCUT2D eigenvalue weighted by atomic mass is 10.0. The molecule has 0 radical (unpaired) electrons. The molecule has 0 aliphatic carbocycles. The number of benzene rings is 2. The molecule has 0 unspecified atom stereocenters. The van der Waals surface area contributed by atoms with Gasteiger partial charge in [-0.15, -0.1) is 0 Å². The average molecular weight is 309 g/mol. The van der Waals surface area contributed by atoms with Crippen molar-refractivity contribution in [2.75, 3.05) is 5.73 Å². The average Bonchev–Trinajstić information content (AvgIpc) is 2.59. The van der Waals surface area contributed by atoms with Crippen molar-refractivity contribution in [2.24, 2.45) is 5.10 Å². The molecule has 23 heavy (non-hydrogen) atoms. The van der Waals surface area contributed by atoms with Gasteiger partial charge in [0.25, 0.3) is 5.91 Å². The molecule has 0 aliphatic heterocycles. The number of hydrazone groups is 1. The molecule has 0 aromatic heterocycles. The molecule has 0 bridgehead atoms. The molecule has 0 spiro atoms. The van der Waals surface area contributed by atoms with E-state index in [4.69, 9.17) is 5.73 Å². The number of nitrogens with one attached hydrogen (secondary N) is 1. The molecule has 4 nitrogen and oxygen atoms in total. The highest BCUT2D eigenvalue weighted by molar-refractivity contribution is 6.02. The van der Waals surface area contributed by atoms with Gasteiger partial charge in [0.1, 0.15) is 0 Å². The zero-order valence-corrected chi connectivity index (χ0v) is 13.5. The number of hydrogen-bond donors (Lipinski definition) is 2. The Morgan fingerprint density at radius 3 is 2.35 bits per heavy atom. The fraction of sp³-hybridized carbons (Fsp3) is 0.263. The Labute approximate surface area is 137 Å². The molecule has 3 N–H and O–H groups in total. The number of nitrogens with zero attached hydrogens (tertiary/aromatic N) is 1. The molecule has 0 heterocycles. The minimum absolute atomic E-state index is 0.228. The topological polar surface area (TPSA) is 67.5 Å². The van der Waals surface area contributed by atoms with Crippen LogP contribution in [0, 0.1) is 0 Å². The van der Waals surface area contributed by atoms with E-state index < -0.39 is 0 Å². The second-order valence-electron chi connectivity index (χ2n) is 5.44. The third-order valence-electron chi connectivity index (χ3n) is 3.59. The van der Waals surface area contributed by atoms with E-state index in [1.165, 1.54) is 0 Å². The van der Waals surface area contributed by atoms with E-state index >= 15 is 0 Å². The van der Waals surface area contributed by atoms with Gasteiger partial charge in [-0.3, -0.25) is 4.79 Å². The van der Waals surface area contributed by atoms with Gasteiger partial charge in [0.15, 0.2) is 0 Å². The number of nitrogens with two attached hydrogens (primary N) is 1. The van der Waals surface area contributed by atoms with Gasteiger partial charge in [0, 0.05) is 11.3 Å². The Morgan fingerprint density at radius 1 is 1.00 bits per heavy atom. The smallest absolute Gasteiger partial charge is 0.271 e. The minimum Gasteiger partial charge on any atom is -0.399 e. The SMILES string of the molecule is CCCCC/C(=N\NC(=O)c1ccc(N)cc1)c1ccccc1. The van der Waals surface area contributed by atoms with Crippen LogP contribution >= 0.6 is 0 Å². The third-order valence-corrected chi connectivity index (χ3v) is 3.59. The first-order valence-corrected chi connectivity index (χ1v) is 7.98. The molecular weight excluding hydrogens is 286 g/mol. The van der Waals surface area contributed by atoms with Gasteiger partial charge >= 0.3 is 0 Å². The van der Waals surface area contributed by atoms with Gasteiger partial charge < -0.3 is 5.73 Å². The summed E-state index contributed by atoms with van der Waals surface area (Å²) >= 11 is 0. The van der Waals surface area contributed by atoms with Crippen LogP contribution in [0.5, 0.6) is 0 Å². The maximum Gasteiger partial charge on any atom is 0.271 e. The van der Waals surface area contributed by atoms with Gasteiger partial charge in [-0.05, 0) is 42.7 Å². The van der Waals surface area contributed by atoms with Crippen molar-refractivity contribution < 1.29 is 4.79 Å². The maximum atomic E-state index is 12.2. The first-order valence-electron chi connectivity index (χ1n) is 7.98. The standard InChI is InChI=1S/C19H23N3O/c1-2-3-5-10-18(15-8-6-4-7-9-15)21-22-19(23)16-11-13-17(20)14-12-16/h4,6-9,11-14H,2-3,5,10,20H2,1H3,(H,22,23)/b21-18+. The van der Waals surface area contributed by atoms with Gasteiger partial charge in [-0.2, -0.15) is 5.10 Å². The van der Waals surface area contributed by atoms with Crippen LogP contribution in [0.25, 0.3) is 0 Å². The zero-order chi connectivity index (χ0) is 16.5. The highest BCUT2D eigenvalue weighted by Gasteiger charge is 2.07. The van der Waals surface area contributed by atoms with Gasteiger partial charge in [-0.25, -0.2) is 5.43 Å². The monoisotopic (exact) mass is 309 g/mol. The number of anilines is 1. The van der Waals surface area contributed by atoms with E-state index in [2.05, 4.69) is 17.5 Å². The summed E-state index contributed by atoms with van der Waals surface area (Å²) in [5.74, 6) is -0.228. The Balaban J connectivity index is 2.09. The highest BCUT2D eigenvalue weighted by atomic mass is 16.2. The van der Waals surface area contributed by atoms with E-state index in [0.29, 0.717) is 11.3 Å². The number of amides is 1. The maximum absolute atomic E-state index is 12.2. The van der Waals surface area contributed by atoms with Crippen LogP contribution < -0.4 is 11.2 Å². The summed E-state index contributed by atoms with van der Waals surface area (Å²) in [7, 11) is 0. The third kappa shape index (κ3) is 5.25. The molecule has 2 aromatic rings. The van der Waals surface area contributed by atoms with Crippen molar-refractivity contribution in [2.45, 2.75) is 32.6 Å². The highest BCUT2D eigenvalue weighted by Crippen LogP contribution is 2.10.